The first kappa shape index (κ1) is 13.2. The van der Waals surface area contributed by atoms with Crippen molar-refractivity contribution in [3.05, 3.63) is 55.9 Å². The van der Waals surface area contributed by atoms with Crippen LogP contribution in [-0.4, -0.2) is 0 Å². The van der Waals surface area contributed by atoms with Gasteiger partial charge in [0, 0.05) is 5.56 Å². The molecule has 1 unspecified atom stereocenters. The summed E-state index contributed by atoms with van der Waals surface area (Å²) >= 11 is 19.4. The molecule has 90 valence electrons. The molecule has 17 heavy (non-hydrogen) atoms. The lowest BCUT2D eigenvalue weighted by atomic mass is 10.1. The van der Waals surface area contributed by atoms with E-state index < -0.39 is 0 Å². The Labute approximate surface area is 118 Å². The molecule has 0 nitrogen and oxygen atoms in total. The van der Waals surface area contributed by atoms with Crippen LogP contribution < -0.4 is 0 Å². The zero-order valence-corrected chi connectivity index (χ0v) is 11.7. The number of halogens is 4. The second-order valence-electron chi connectivity index (χ2n) is 3.58. The third kappa shape index (κ3) is 3.35. The molecule has 0 fully saturated rings. The molecule has 0 aliphatic rings. The highest BCUT2D eigenvalue weighted by molar-refractivity contribution is 7.20. The maximum Gasteiger partial charge on any atom is 0.123 e. The fourth-order valence-electron chi connectivity index (χ4n) is 1.55. The summed E-state index contributed by atoms with van der Waals surface area (Å²) in [5.41, 5.74) is 1.64. The quantitative estimate of drug-likeness (QED) is 0.636. The number of hydrogen-bond donors (Lipinski definition) is 0. The van der Waals surface area contributed by atoms with Gasteiger partial charge in [0.1, 0.15) is 5.82 Å². The first-order valence-electron chi connectivity index (χ1n) is 4.89. The van der Waals surface area contributed by atoms with E-state index in [2.05, 4.69) is 0 Å². The minimum atomic E-state index is -0.298. The molecule has 1 atom stereocenters. The van der Waals surface area contributed by atoms with Gasteiger partial charge in [-0.25, -0.2) is 4.39 Å². The number of rotatable bonds is 3. The number of alkyl halides is 1. The summed E-state index contributed by atoms with van der Waals surface area (Å²) in [7, 11) is 0. The van der Waals surface area contributed by atoms with Crippen molar-refractivity contribution in [1.82, 2.24) is 0 Å². The second-order valence-corrected chi connectivity index (χ2v) is 6.39. The second kappa shape index (κ2) is 5.57. The van der Waals surface area contributed by atoms with Crippen molar-refractivity contribution in [1.29, 1.82) is 0 Å². The molecule has 0 saturated carbocycles. The largest absolute Gasteiger partial charge is 0.207 e. The fraction of sp³-hybridized carbons (Fsp3) is 0.167. The van der Waals surface area contributed by atoms with Gasteiger partial charge in [0.25, 0.3) is 0 Å². The van der Waals surface area contributed by atoms with Crippen LogP contribution in [0.25, 0.3) is 0 Å². The summed E-state index contributed by atoms with van der Waals surface area (Å²) in [5.74, 6) is -0.263. The van der Waals surface area contributed by atoms with Gasteiger partial charge in [-0.05, 0) is 30.2 Å². The molecule has 0 bridgehead atoms. The Bertz CT molecular complexity index is 524. The molecule has 0 N–H and O–H groups in total. The lowest BCUT2D eigenvalue weighted by molar-refractivity contribution is 0.625. The average molecular weight is 310 g/mol. The van der Waals surface area contributed by atoms with Gasteiger partial charge in [-0.2, -0.15) is 0 Å². The molecule has 2 rings (SSSR count). The molecule has 2 aromatic rings. The van der Waals surface area contributed by atoms with Gasteiger partial charge in [-0.15, -0.1) is 22.9 Å². The maximum absolute atomic E-state index is 13.0. The molecule has 1 aromatic carbocycles. The van der Waals surface area contributed by atoms with E-state index >= 15 is 0 Å². The van der Waals surface area contributed by atoms with Gasteiger partial charge in [0.2, 0.25) is 0 Å². The van der Waals surface area contributed by atoms with Crippen LogP contribution in [-0.2, 0) is 6.42 Å². The lowest BCUT2D eigenvalue weighted by Gasteiger charge is -2.08. The van der Waals surface area contributed by atoms with Crippen molar-refractivity contribution < 1.29 is 4.39 Å². The monoisotopic (exact) mass is 308 g/mol. The van der Waals surface area contributed by atoms with Gasteiger partial charge in [-0.3, -0.25) is 0 Å². The number of hydrogen-bond acceptors (Lipinski definition) is 1. The predicted octanol–water partition coefficient (Wildman–Crippen LogP) is 5.72. The molecule has 0 aliphatic heterocycles. The Morgan fingerprint density at radius 2 is 2.00 bits per heavy atom. The van der Waals surface area contributed by atoms with Crippen LogP contribution in [0, 0.1) is 5.82 Å². The Morgan fingerprint density at radius 1 is 1.24 bits per heavy atom. The Balaban J connectivity index is 2.16. The van der Waals surface area contributed by atoms with Crippen molar-refractivity contribution in [3.63, 3.8) is 0 Å². The van der Waals surface area contributed by atoms with Crippen molar-refractivity contribution in [2.45, 2.75) is 11.8 Å². The molecule has 0 amide bonds. The molecule has 0 spiro atoms. The van der Waals surface area contributed by atoms with Crippen LogP contribution in [0.5, 0.6) is 0 Å². The van der Waals surface area contributed by atoms with Crippen LogP contribution in [0.4, 0.5) is 4.39 Å². The van der Waals surface area contributed by atoms with E-state index in [9.17, 15) is 4.39 Å². The predicted molar refractivity (Wildman–Crippen MR) is 73.0 cm³/mol. The van der Waals surface area contributed by atoms with Gasteiger partial charge in [-0.1, -0.05) is 35.3 Å². The van der Waals surface area contributed by atoms with E-state index in [4.69, 9.17) is 34.8 Å². The van der Waals surface area contributed by atoms with E-state index in [1.807, 2.05) is 6.07 Å². The van der Waals surface area contributed by atoms with Crippen LogP contribution in [0.3, 0.4) is 0 Å². The van der Waals surface area contributed by atoms with E-state index in [1.165, 1.54) is 23.5 Å². The van der Waals surface area contributed by atoms with Crippen LogP contribution in [0.2, 0.25) is 8.67 Å². The summed E-state index contributed by atoms with van der Waals surface area (Å²) in [6, 6.07) is 8.13. The summed E-state index contributed by atoms with van der Waals surface area (Å²) < 4.78 is 14.2. The number of benzene rings is 1. The van der Waals surface area contributed by atoms with E-state index in [0.29, 0.717) is 15.1 Å². The number of thiophene rings is 1. The van der Waals surface area contributed by atoms with Crippen LogP contribution in [0.15, 0.2) is 30.3 Å². The van der Waals surface area contributed by atoms with Crippen molar-refractivity contribution in [2.75, 3.05) is 0 Å². The molecular formula is C12H8Cl3FS. The SMILES string of the molecule is Fc1cccc(CC(Cl)c2cc(Cl)sc2Cl)c1. The normalized spacial score (nSPS) is 12.7. The Morgan fingerprint density at radius 3 is 2.59 bits per heavy atom. The third-order valence-corrected chi connectivity index (χ3v) is 4.23. The van der Waals surface area contributed by atoms with E-state index in [-0.39, 0.29) is 11.2 Å². The van der Waals surface area contributed by atoms with Crippen LogP contribution >= 0.6 is 46.1 Å². The smallest absolute Gasteiger partial charge is 0.123 e. The van der Waals surface area contributed by atoms with E-state index in [0.717, 1.165) is 11.1 Å². The summed E-state index contributed by atoms with van der Waals surface area (Å²) in [6.07, 6.45) is 0.520. The summed E-state index contributed by atoms with van der Waals surface area (Å²) in [6.45, 7) is 0. The zero-order chi connectivity index (χ0) is 12.4. The third-order valence-electron chi connectivity index (χ3n) is 2.32. The van der Waals surface area contributed by atoms with Gasteiger partial charge >= 0.3 is 0 Å². The molecule has 1 heterocycles. The maximum atomic E-state index is 13.0. The first-order valence-corrected chi connectivity index (χ1v) is 6.90. The van der Waals surface area contributed by atoms with Crippen LogP contribution in [0.1, 0.15) is 16.5 Å². The fourth-order valence-corrected chi connectivity index (χ4v) is 3.60. The molecule has 1 aromatic heterocycles. The van der Waals surface area contributed by atoms with Crippen molar-refractivity contribution in [3.8, 4) is 0 Å². The molecule has 0 radical (unpaired) electrons. The minimum absolute atomic E-state index is 0.263. The topological polar surface area (TPSA) is 0 Å². The van der Waals surface area contributed by atoms with E-state index in [1.54, 1.807) is 12.1 Å². The highest BCUT2D eigenvalue weighted by atomic mass is 35.5. The molecule has 0 saturated heterocycles. The molecule has 0 aliphatic carbocycles. The van der Waals surface area contributed by atoms with Gasteiger partial charge < -0.3 is 0 Å². The van der Waals surface area contributed by atoms with Crippen molar-refractivity contribution >= 4 is 46.1 Å². The highest BCUT2D eigenvalue weighted by Gasteiger charge is 2.16. The zero-order valence-electron chi connectivity index (χ0n) is 8.59. The molecule has 5 heteroatoms. The standard InChI is InChI=1S/C12H8Cl3FS/c13-10(9-6-11(14)17-12(9)15)5-7-2-1-3-8(16)4-7/h1-4,6,10H,5H2. The van der Waals surface area contributed by atoms with Gasteiger partial charge in [0.15, 0.2) is 0 Å². The summed E-state index contributed by atoms with van der Waals surface area (Å²) in [4.78, 5) is 0. The average Bonchev–Trinajstić information content (AvgIpc) is 2.58. The minimum Gasteiger partial charge on any atom is -0.207 e. The first-order chi connectivity index (χ1) is 8.06. The highest BCUT2D eigenvalue weighted by Crippen LogP contribution is 2.38. The Kier molecular flexibility index (Phi) is 4.31. The summed E-state index contributed by atoms with van der Waals surface area (Å²) in [5, 5.41) is -0.298. The molecular weight excluding hydrogens is 302 g/mol. The van der Waals surface area contributed by atoms with Gasteiger partial charge in [0.05, 0.1) is 14.0 Å². The Hall–Kier alpha value is -0.280. The van der Waals surface area contributed by atoms with Crippen molar-refractivity contribution in [2.24, 2.45) is 0 Å². The lowest BCUT2D eigenvalue weighted by Crippen LogP contribution is -1.95.